The molecule has 2 aliphatic rings. The zero-order valence-corrected chi connectivity index (χ0v) is 19.7. The molecule has 0 unspecified atom stereocenters. The standard InChI is InChI=1S/C26H26F3N3O3/c1-16(2)34-20-9-8-18(30-17(20)3)24(33)31-14-12-25(13-15-31)22-10-11-23(26(27,28)29)32(22)19-6-4-5-7-21(19)35-25/h4-11,16H,12-15H2,1-3H3. The first kappa shape index (κ1) is 23.3. The number of carbonyl (C=O) groups excluding carboxylic acids is 1. The summed E-state index contributed by atoms with van der Waals surface area (Å²) >= 11 is 0. The number of amides is 1. The predicted octanol–water partition coefficient (Wildman–Crippen LogP) is 5.51. The molecule has 0 radical (unpaired) electrons. The molecule has 0 saturated carbocycles. The third-order valence-corrected chi connectivity index (χ3v) is 6.53. The SMILES string of the molecule is Cc1nc(C(=O)N2CCC3(CC2)Oc2ccccc2-n2c(C(F)(F)F)ccc23)ccc1OC(C)C. The summed E-state index contributed by atoms with van der Waals surface area (Å²) in [6.45, 7) is 6.29. The molecule has 0 N–H and O–H groups in total. The number of piperidine rings is 1. The monoisotopic (exact) mass is 485 g/mol. The number of alkyl halides is 3. The molecular weight excluding hydrogens is 459 g/mol. The van der Waals surface area contributed by atoms with E-state index in [1.165, 1.54) is 10.6 Å². The fourth-order valence-electron chi connectivity index (χ4n) is 4.90. The molecule has 1 saturated heterocycles. The summed E-state index contributed by atoms with van der Waals surface area (Å²) in [5, 5.41) is 0. The van der Waals surface area contributed by atoms with Crippen LogP contribution in [0.3, 0.4) is 0 Å². The third-order valence-electron chi connectivity index (χ3n) is 6.53. The highest BCUT2D eigenvalue weighted by molar-refractivity contribution is 5.92. The second kappa shape index (κ2) is 8.32. The van der Waals surface area contributed by atoms with E-state index in [2.05, 4.69) is 4.98 Å². The highest BCUT2D eigenvalue weighted by atomic mass is 19.4. The van der Waals surface area contributed by atoms with E-state index in [1.54, 1.807) is 48.2 Å². The number of benzene rings is 1. The number of aromatic nitrogens is 2. The second-order valence-corrected chi connectivity index (χ2v) is 9.24. The van der Waals surface area contributed by atoms with Crippen molar-refractivity contribution in [2.75, 3.05) is 13.1 Å². The summed E-state index contributed by atoms with van der Waals surface area (Å²) in [4.78, 5) is 19.3. The average Bonchev–Trinajstić information content (AvgIpc) is 3.28. The lowest BCUT2D eigenvalue weighted by molar-refractivity contribution is -0.143. The number of pyridine rings is 1. The van der Waals surface area contributed by atoms with Crippen LogP contribution in [-0.2, 0) is 11.8 Å². The summed E-state index contributed by atoms with van der Waals surface area (Å²) in [5.41, 5.74) is 0.0824. The summed E-state index contributed by atoms with van der Waals surface area (Å²) in [5.74, 6) is 0.811. The van der Waals surface area contributed by atoms with Gasteiger partial charge in [0.25, 0.3) is 5.91 Å². The van der Waals surface area contributed by atoms with E-state index in [4.69, 9.17) is 9.47 Å². The number of carbonyl (C=O) groups is 1. The zero-order chi connectivity index (χ0) is 25.0. The Hall–Kier alpha value is -3.49. The molecule has 0 bridgehead atoms. The highest BCUT2D eigenvalue weighted by Gasteiger charge is 2.48. The largest absolute Gasteiger partial charge is 0.489 e. The third kappa shape index (κ3) is 4.02. The van der Waals surface area contributed by atoms with Crippen LogP contribution in [0.1, 0.15) is 54.3 Å². The van der Waals surface area contributed by atoms with Crippen molar-refractivity contribution in [3.63, 3.8) is 0 Å². The average molecular weight is 486 g/mol. The van der Waals surface area contributed by atoms with Crippen LogP contribution in [0, 0.1) is 6.92 Å². The van der Waals surface area contributed by atoms with Crippen LogP contribution in [0.5, 0.6) is 11.5 Å². The van der Waals surface area contributed by atoms with Crippen LogP contribution in [-0.4, -0.2) is 39.6 Å². The van der Waals surface area contributed by atoms with Crippen molar-refractivity contribution >= 4 is 5.91 Å². The number of aryl methyl sites for hydroxylation is 1. The van der Waals surface area contributed by atoms with Crippen molar-refractivity contribution < 1.29 is 27.4 Å². The van der Waals surface area contributed by atoms with Crippen LogP contribution in [0.4, 0.5) is 13.2 Å². The number of para-hydroxylation sites is 2. The Morgan fingerprint density at radius 2 is 1.80 bits per heavy atom. The molecule has 1 amide bonds. The van der Waals surface area contributed by atoms with Crippen molar-refractivity contribution in [1.82, 2.24) is 14.5 Å². The van der Waals surface area contributed by atoms with E-state index in [1.807, 2.05) is 13.8 Å². The van der Waals surface area contributed by atoms with Crippen molar-refractivity contribution in [2.45, 2.75) is 51.5 Å². The number of likely N-dealkylation sites (tertiary alicyclic amines) is 1. The molecule has 6 nitrogen and oxygen atoms in total. The fourth-order valence-corrected chi connectivity index (χ4v) is 4.90. The van der Waals surface area contributed by atoms with Gasteiger partial charge in [-0.25, -0.2) is 4.98 Å². The lowest BCUT2D eigenvalue weighted by Crippen LogP contribution is -2.50. The van der Waals surface area contributed by atoms with Gasteiger partial charge >= 0.3 is 6.18 Å². The summed E-state index contributed by atoms with van der Waals surface area (Å²) < 4.78 is 54.8. The van der Waals surface area contributed by atoms with Crippen molar-refractivity contribution in [1.29, 1.82) is 0 Å². The Morgan fingerprint density at radius 3 is 2.46 bits per heavy atom. The molecule has 4 heterocycles. The topological polar surface area (TPSA) is 56.6 Å². The van der Waals surface area contributed by atoms with Gasteiger partial charge in [0.1, 0.15) is 22.9 Å². The van der Waals surface area contributed by atoms with Gasteiger partial charge in [0.15, 0.2) is 5.60 Å². The van der Waals surface area contributed by atoms with Crippen molar-refractivity contribution in [2.24, 2.45) is 0 Å². The van der Waals surface area contributed by atoms with Gasteiger partial charge in [-0.3, -0.25) is 4.79 Å². The molecule has 5 rings (SSSR count). The molecule has 1 spiro atoms. The minimum absolute atomic E-state index is 0.00670. The van der Waals surface area contributed by atoms with E-state index in [0.717, 1.165) is 6.07 Å². The van der Waals surface area contributed by atoms with E-state index in [-0.39, 0.29) is 12.0 Å². The molecule has 2 aromatic heterocycles. The van der Waals surface area contributed by atoms with Gasteiger partial charge < -0.3 is 18.9 Å². The molecule has 1 aromatic carbocycles. The van der Waals surface area contributed by atoms with Crippen molar-refractivity contribution in [3.8, 4) is 17.2 Å². The number of fused-ring (bicyclic) bond motifs is 4. The van der Waals surface area contributed by atoms with E-state index >= 15 is 0 Å². The van der Waals surface area contributed by atoms with Gasteiger partial charge in [-0.15, -0.1) is 0 Å². The number of nitrogens with zero attached hydrogens (tertiary/aromatic N) is 3. The van der Waals surface area contributed by atoms with Gasteiger partial charge in [-0.05, 0) is 57.2 Å². The maximum absolute atomic E-state index is 13.8. The number of rotatable bonds is 3. The molecule has 1 fully saturated rings. The van der Waals surface area contributed by atoms with Gasteiger partial charge in [-0.1, -0.05) is 12.1 Å². The van der Waals surface area contributed by atoms with E-state index in [0.29, 0.717) is 60.2 Å². The first-order chi connectivity index (χ1) is 16.6. The van der Waals surface area contributed by atoms with Crippen LogP contribution < -0.4 is 9.47 Å². The molecular formula is C26H26F3N3O3. The molecule has 184 valence electrons. The number of halogens is 3. The summed E-state index contributed by atoms with van der Waals surface area (Å²) in [6, 6.07) is 12.7. The van der Waals surface area contributed by atoms with Gasteiger partial charge in [0.05, 0.1) is 23.2 Å². The second-order valence-electron chi connectivity index (χ2n) is 9.24. The van der Waals surface area contributed by atoms with Gasteiger partial charge in [-0.2, -0.15) is 13.2 Å². The van der Waals surface area contributed by atoms with E-state index < -0.39 is 17.5 Å². The van der Waals surface area contributed by atoms with Crippen LogP contribution in [0.2, 0.25) is 0 Å². The summed E-state index contributed by atoms with van der Waals surface area (Å²) in [7, 11) is 0. The molecule has 2 aliphatic heterocycles. The van der Waals surface area contributed by atoms with Gasteiger partial charge in [0.2, 0.25) is 0 Å². The highest BCUT2D eigenvalue weighted by Crippen LogP contribution is 2.48. The van der Waals surface area contributed by atoms with Crippen LogP contribution in [0.25, 0.3) is 5.69 Å². The summed E-state index contributed by atoms with van der Waals surface area (Å²) in [6.07, 6.45) is -3.79. The number of hydrogen-bond acceptors (Lipinski definition) is 4. The first-order valence-corrected chi connectivity index (χ1v) is 11.6. The molecule has 35 heavy (non-hydrogen) atoms. The Balaban J connectivity index is 1.41. The predicted molar refractivity (Wildman–Crippen MR) is 123 cm³/mol. The quantitative estimate of drug-likeness (QED) is 0.491. The Kier molecular flexibility index (Phi) is 5.53. The zero-order valence-electron chi connectivity index (χ0n) is 19.7. The maximum Gasteiger partial charge on any atom is 0.431 e. The normalized spacial score (nSPS) is 16.6. The van der Waals surface area contributed by atoms with Crippen LogP contribution in [0.15, 0.2) is 48.5 Å². The minimum atomic E-state index is -4.50. The Labute approximate surface area is 201 Å². The van der Waals surface area contributed by atoms with Crippen LogP contribution >= 0.6 is 0 Å². The minimum Gasteiger partial charge on any atom is -0.489 e. The Bertz CT molecular complexity index is 1270. The molecule has 0 atom stereocenters. The Morgan fingerprint density at radius 1 is 1.09 bits per heavy atom. The molecule has 0 aliphatic carbocycles. The van der Waals surface area contributed by atoms with E-state index in [9.17, 15) is 18.0 Å². The number of ether oxygens (including phenoxy) is 2. The lowest BCUT2D eigenvalue weighted by Gasteiger charge is -2.45. The maximum atomic E-state index is 13.8. The molecule has 3 aromatic rings. The van der Waals surface area contributed by atoms with Crippen molar-refractivity contribution in [3.05, 3.63) is 71.3 Å². The first-order valence-electron chi connectivity index (χ1n) is 11.6. The van der Waals surface area contributed by atoms with Gasteiger partial charge in [0, 0.05) is 25.9 Å². The lowest BCUT2D eigenvalue weighted by atomic mass is 9.86. The fraction of sp³-hybridized carbons (Fsp3) is 0.385. The number of hydrogen-bond donors (Lipinski definition) is 0. The molecule has 9 heteroatoms. The smallest absolute Gasteiger partial charge is 0.431 e.